The van der Waals surface area contributed by atoms with Gasteiger partial charge in [0.2, 0.25) is 11.8 Å². The molecule has 0 aromatic rings. The second-order valence-electron chi connectivity index (χ2n) is 5.44. The number of carbonyl (C=O) groups is 2. The largest absolute Gasteiger partial charge is 0.351 e. The molecule has 2 amide bonds. The summed E-state index contributed by atoms with van der Waals surface area (Å²) in [5, 5.41) is 5.43. The fourth-order valence-corrected chi connectivity index (χ4v) is 1.83. The molecular weight excluding hydrogens is 256 g/mol. The molecule has 0 aromatic carbocycles. The molecule has 0 spiro atoms. The minimum atomic E-state index is -0.573. The molecule has 0 aromatic heterocycles. The highest BCUT2D eigenvalue weighted by Gasteiger charge is 2.18. The molecule has 0 aliphatic carbocycles. The second-order valence-corrected chi connectivity index (χ2v) is 5.44. The first-order valence-corrected chi connectivity index (χ1v) is 7.36. The van der Waals surface area contributed by atoms with Crippen molar-refractivity contribution in [2.75, 3.05) is 26.2 Å². The van der Waals surface area contributed by atoms with Crippen LogP contribution in [-0.4, -0.2) is 55.0 Å². The Balaban J connectivity index is 4.02. The molecule has 0 radical (unpaired) electrons. The molecule has 2 atom stereocenters. The minimum absolute atomic E-state index is 0.0259. The highest BCUT2D eigenvalue weighted by molar-refractivity contribution is 5.87. The molecule has 20 heavy (non-hydrogen) atoms. The third kappa shape index (κ3) is 7.45. The zero-order valence-corrected chi connectivity index (χ0v) is 13.4. The van der Waals surface area contributed by atoms with Gasteiger partial charge in [-0.2, -0.15) is 0 Å². The van der Waals surface area contributed by atoms with Crippen LogP contribution >= 0.6 is 0 Å². The van der Waals surface area contributed by atoms with Crippen LogP contribution in [0.1, 0.15) is 34.6 Å². The van der Waals surface area contributed by atoms with Gasteiger partial charge in [-0.25, -0.2) is 0 Å². The van der Waals surface area contributed by atoms with Crippen molar-refractivity contribution in [3.8, 4) is 0 Å². The van der Waals surface area contributed by atoms with E-state index in [0.29, 0.717) is 0 Å². The van der Waals surface area contributed by atoms with Gasteiger partial charge in [-0.3, -0.25) is 9.59 Å². The SMILES string of the molecule is CCN(CC)CC(C)NC(=O)CNC(=O)[C@@H](N)C(C)C. The Morgan fingerprint density at radius 1 is 1.15 bits per heavy atom. The van der Waals surface area contributed by atoms with Crippen molar-refractivity contribution in [3.63, 3.8) is 0 Å². The zero-order valence-electron chi connectivity index (χ0n) is 13.4. The Kier molecular flexibility index (Phi) is 9.16. The summed E-state index contributed by atoms with van der Waals surface area (Å²) in [4.78, 5) is 25.6. The molecule has 0 aliphatic heterocycles. The van der Waals surface area contributed by atoms with Gasteiger partial charge < -0.3 is 21.3 Å². The maximum atomic E-state index is 11.7. The molecule has 0 saturated heterocycles. The summed E-state index contributed by atoms with van der Waals surface area (Å²) in [6, 6.07) is -0.519. The monoisotopic (exact) mass is 286 g/mol. The summed E-state index contributed by atoms with van der Waals surface area (Å²) in [5.41, 5.74) is 5.70. The predicted molar refractivity (Wildman–Crippen MR) is 81.2 cm³/mol. The van der Waals surface area contributed by atoms with Gasteiger partial charge in [0.25, 0.3) is 0 Å². The number of nitrogens with one attached hydrogen (secondary N) is 2. The number of likely N-dealkylation sites (N-methyl/N-ethyl adjacent to an activating group) is 1. The average Bonchev–Trinajstić information content (AvgIpc) is 2.40. The molecule has 6 heteroatoms. The third-order valence-electron chi connectivity index (χ3n) is 3.28. The van der Waals surface area contributed by atoms with Gasteiger partial charge in [-0.05, 0) is 25.9 Å². The van der Waals surface area contributed by atoms with E-state index >= 15 is 0 Å². The molecule has 1 unspecified atom stereocenters. The molecule has 6 nitrogen and oxygen atoms in total. The summed E-state index contributed by atoms with van der Waals surface area (Å²) in [6.07, 6.45) is 0. The predicted octanol–water partition coefficient (Wildman–Crippen LogP) is -0.0676. The van der Waals surface area contributed by atoms with Crippen molar-refractivity contribution in [2.45, 2.75) is 46.7 Å². The van der Waals surface area contributed by atoms with Crippen molar-refractivity contribution in [1.82, 2.24) is 15.5 Å². The van der Waals surface area contributed by atoms with Crippen LogP contribution in [0.4, 0.5) is 0 Å². The van der Waals surface area contributed by atoms with Crippen molar-refractivity contribution in [3.05, 3.63) is 0 Å². The summed E-state index contributed by atoms with van der Waals surface area (Å²) in [5.74, 6) is -0.417. The molecule has 118 valence electrons. The molecule has 0 aliphatic rings. The number of amides is 2. The van der Waals surface area contributed by atoms with E-state index in [2.05, 4.69) is 29.4 Å². The lowest BCUT2D eigenvalue weighted by atomic mass is 10.1. The number of nitrogens with two attached hydrogens (primary N) is 1. The second kappa shape index (κ2) is 9.72. The smallest absolute Gasteiger partial charge is 0.239 e. The standard InChI is InChI=1S/C14H30N4O2/c1-6-18(7-2)9-11(5)17-12(19)8-16-14(20)13(15)10(3)4/h10-11,13H,6-9,15H2,1-5H3,(H,16,20)(H,17,19)/t11?,13-/m0/s1. The first kappa shape index (κ1) is 18.9. The summed E-state index contributed by atoms with van der Waals surface area (Å²) < 4.78 is 0. The number of rotatable bonds is 9. The Bertz CT molecular complexity index is 304. The molecule has 0 rings (SSSR count). The van der Waals surface area contributed by atoms with Crippen LogP contribution in [0.15, 0.2) is 0 Å². The molecule has 0 bridgehead atoms. The van der Waals surface area contributed by atoms with E-state index in [1.54, 1.807) is 0 Å². The van der Waals surface area contributed by atoms with E-state index in [1.165, 1.54) is 0 Å². The minimum Gasteiger partial charge on any atom is -0.351 e. The zero-order chi connectivity index (χ0) is 15.7. The molecule has 0 heterocycles. The summed E-state index contributed by atoms with van der Waals surface area (Å²) in [7, 11) is 0. The topological polar surface area (TPSA) is 87.5 Å². The van der Waals surface area contributed by atoms with Gasteiger partial charge in [0.05, 0.1) is 12.6 Å². The van der Waals surface area contributed by atoms with E-state index < -0.39 is 6.04 Å². The fraction of sp³-hybridized carbons (Fsp3) is 0.857. The first-order chi connectivity index (χ1) is 9.31. The summed E-state index contributed by atoms with van der Waals surface area (Å²) >= 11 is 0. The van der Waals surface area contributed by atoms with Crippen molar-refractivity contribution < 1.29 is 9.59 Å². The number of hydrogen-bond acceptors (Lipinski definition) is 4. The van der Waals surface area contributed by atoms with E-state index in [1.807, 2.05) is 20.8 Å². The lowest BCUT2D eigenvalue weighted by Gasteiger charge is -2.23. The van der Waals surface area contributed by atoms with Gasteiger partial charge in [0.15, 0.2) is 0 Å². The Morgan fingerprint density at radius 2 is 1.70 bits per heavy atom. The van der Waals surface area contributed by atoms with Crippen LogP contribution < -0.4 is 16.4 Å². The van der Waals surface area contributed by atoms with Gasteiger partial charge in [0, 0.05) is 12.6 Å². The van der Waals surface area contributed by atoms with E-state index in [9.17, 15) is 9.59 Å². The average molecular weight is 286 g/mol. The molecule has 0 fully saturated rings. The summed E-state index contributed by atoms with van der Waals surface area (Å²) in [6.45, 7) is 12.6. The Labute approximate surface area is 122 Å². The van der Waals surface area contributed by atoms with Crippen molar-refractivity contribution in [2.24, 2.45) is 11.7 Å². The normalized spacial score (nSPS) is 14.2. The highest BCUT2D eigenvalue weighted by Crippen LogP contribution is 1.97. The van der Waals surface area contributed by atoms with Crippen LogP contribution in [0, 0.1) is 5.92 Å². The van der Waals surface area contributed by atoms with Crippen LogP contribution in [0.25, 0.3) is 0 Å². The van der Waals surface area contributed by atoms with Gasteiger partial charge in [-0.15, -0.1) is 0 Å². The van der Waals surface area contributed by atoms with E-state index in [4.69, 9.17) is 5.73 Å². The van der Waals surface area contributed by atoms with Crippen LogP contribution in [0.3, 0.4) is 0 Å². The number of nitrogens with zero attached hydrogens (tertiary/aromatic N) is 1. The van der Waals surface area contributed by atoms with Crippen LogP contribution in [0.2, 0.25) is 0 Å². The lowest BCUT2D eigenvalue weighted by molar-refractivity contribution is -0.127. The van der Waals surface area contributed by atoms with Crippen molar-refractivity contribution >= 4 is 11.8 Å². The Morgan fingerprint density at radius 3 is 2.15 bits per heavy atom. The third-order valence-corrected chi connectivity index (χ3v) is 3.28. The van der Waals surface area contributed by atoms with E-state index in [0.717, 1.165) is 19.6 Å². The highest BCUT2D eigenvalue weighted by atomic mass is 16.2. The van der Waals surface area contributed by atoms with Crippen molar-refractivity contribution in [1.29, 1.82) is 0 Å². The van der Waals surface area contributed by atoms with Gasteiger partial charge in [-0.1, -0.05) is 27.7 Å². The van der Waals surface area contributed by atoms with Gasteiger partial charge >= 0.3 is 0 Å². The molecular formula is C14H30N4O2. The molecule has 0 saturated carbocycles. The van der Waals surface area contributed by atoms with Crippen LogP contribution in [-0.2, 0) is 9.59 Å². The maximum absolute atomic E-state index is 11.7. The Hall–Kier alpha value is -1.14. The first-order valence-electron chi connectivity index (χ1n) is 7.36. The molecule has 4 N–H and O–H groups in total. The maximum Gasteiger partial charge on any atom is 0.239 e. The number of hydrogen-bond donors (Lipinski definition) is 3. The van der Waals surface area contributed by atoms with Gasteiger partial charge in [0.1, 0.15) is 0 Å². The quantitative estimate of drug-likeness (QED) is 0.554. The number of carbonyl (C=O) groups excluding carboxylic acids is 2. The van der Waals surface area contributed by atoms with Crippen LogP contribution in [0.5, 0.6) is 0 Å². The van der Waals surface area contributed by atoms with E-state index in [-0.39, 0.29) is 30.3 Å². The fourth-order valence-electron chi connectivity index (χ4n) is 1.83. The lowest BCUT2D eigenvalue weighted by Crippen LogP contribution is -2.49.